The van der Waals surface area contributed by atoms with Crippen molar-refractivity contribution < 1.29 is 19.1 Å². The third-order valence-corrected chi connectivity index (χ3v) is 8.19. The van der Waals surface area contributed by atoms with E-state index in [0.29, 0.717) is 38.8 Å². The summed E-state index contributed by atoms with van der Waals surface area (Å²) in [7, 11) is 3.16. The molecule has 0 fully saturated rings. The number of nitrogens with zero attached hydrogens (tertiary/aromatic N) is 5. The number of pyridine rings is 2. The van der Waals surface area contributed by atoms with Crippen LogP contribution < -0.4 is 25.2 Å². The molecule has 10 nitrogen and oxygen atoms in total. The zero-order valence-electron chi connectivity index (χ0n) is 25.3. The number of para-hydroxylation sites is 1. The van der Waals surface area contributed by atoms with Crippen molar-refractivity contribution in [3.8, 4) is 5.75 Å². The lowest BCUT2D eigenvalue weighted by Gasteiger charge is -2.26. The second kappa shape index (κ2) is 13.8. The van der Waals surface area contributed by atoms with Crippen molar-refractivity contribution in [3.05, 3.63) is 118 Å². The fourth-order valence-electron chi connectivity index (χ4n) is 4.82. The molecule has 5 rings (SSSR count). The Morgan fingerprint density at radius 3 is 2.35 bits per heavy atom. The highest BCUT2D eigenvalue weighted by atomic mass is 35.5. The molecule has 5 aromatic rings. The number of carbonyl (C=O) groups excluding carboxylic acids is 3. The van der Waals surface area contributed by atoms with Gasteiger partial charge in [-0.3, -0.25) is 19.5 Å². The van der Waals surface area contributed by atoms with Crippen LogP contribution in [-0.2, 0) is 11.4 Å². The lowest BCUT2D eigenvalue weighted by Crippen LogP contribution is -2.44. The number of fused-ring (bicyclic) bond motifs is 1. The number of nitrogens with two attached hydrogens (primary N) is 1. The van der Waals surface area contributed by atoms with Crippen LogP contribution >= 0.6 is 23.2 Å². The first-order valence-electron chi connectivity index (χ1n) is 14.1. The Bertz CT molecular complexity index is 1940. The van der Waals surface area contributed by atoms with Crippen LogP contribution in [-0.4, -0.2) is 48.5 Å². The zero-order chi connectivity index (χ0) is 33.0. The second-order valence-corrected chi connectivity index (χ2v) is 11.2. The van der Waals surface area contributed by atoms with Crippen LogP contribution in [0.1, 0.15) is 21.6 Å². The molecule has 0 saturated heterocycles. The minimum Gasteiger partial charge on any atom is -0.487 e. The molecule has 2 N–H and O–H groups in total. The van der Waals surface area contributed by atoms with E-state index in [1.807, 2.05) is 37.3 Å². The van der Waals surface area contributed by atoms with Crippen molar-refractivity contribution in [2.24, 2.45) is 5.73 Å². The number of urea groups is 1. The maximum atomic E-state index is 13.5. The molecule has 3 aromatic carbocycles. The van der Waals surface area contributed by atoms with Crippen LogP contribution in [0.3, 0.4) is 0 Å². The minimum atomic E-state index is -0.871. The Balaban J connectivity index is 1.34. The molecular weight excluding hydrogens is 627 g/mol. The number of carbonyl (C=O) groups is 3. The highest BCUT2D eigenvalue weighted by Crippen LogP contribution is 2.35. The summed E-state index contributed by atoms with van der Waals surface area (Å²) in [4.78, 5) is 51.7. The number of aromatic nitrogens is 2. The Hall–Kier alpha value is -5.19. The topological polar surface area (TPSA) is 122 Å². The normalized spacial score (nSPS) is 10.8. The third-order valence-electron chi connectivity index (χ3n) is 7.41. The van der Waals surface area contributed by atoms with Gasteiger partial charge in [0.05, 0.1) is 10.7 Å². The van der Waals surface area contributed by atoms with Gasteiger partial charge in [-0.15, -0.1) is 0 Å². The molecule has 0 aliphatic rings. The Morgan fingerprint density at radius 2 is 1.61 bits per heavy atom. The number of halogens is 2. The number of anilines is 3. The third kappa shape index (κ3) is 6.88. The summed E-state index contributed by atoms with van der Waals surface area (Å²) in [5.41, 5.74) is 9.30. The van der Waals surface area contributed by atoms with E-state index < -0.39 is 18.5 Å². The van der Waals surface area contributed by atoms with E-state index in [0.717, 1.165) is 16.0 Å². The predicted octanol–water partition coefficient (Wildman–Crippen LogP) is 6.65. The lowest BCUT2D eigenvalue weighted by molar-refractivity contribution is -0.117. The maximum Gasteiger partial charge on any atom is 0.319 e. The van der Waals surface area contributed by atoms with Crippen molar-refractivity contribution in [2.75, 3.05) is 35.3 Å². The van der Waals surface area contributed by atoms with Gasteiger partial charge in [0.25, 0.3) is 5.91 Å². The molecule has 2 heterocycles. The van der Waals surface area contributed by atoms with Crippen LogP contribution in [0, 0.1) is 6.92 Å². The first kappa shape index (κ1) is 32.2. The number of hydrogen-bond donors (Lipinski definition) is 1. The Kier molecular flexibility index (Phi) is 9.69. The summed E-state index contributed by atoms with van der Waals surface area (Å²) in [6, 6.07) is 21.6. The van der Waals surface area contributed by atoms with E-state index in [9.17, 15) is 14.4 Å². The molecule has 0 bridgehead atoms. The number of rotatable bonds is 9. The van der Waals surface area contributed by atoms with Crippen LogP contribution in [0.5, 0.6) is 5.75 Å². The molecule has 2 aromatic heterocycles. The molecule has 46 heavy (non-hydrogen) atoms. The van der Waals surface area contributed by atoms with Crippen molar-refractivity contribution >= 4 is 69.0 Å². The smallest absolute Gasteiger partial charge is 0.319 e. The standard InChI is InChI=1S/C34H30Cl2N6O4/c1-21-10-11-22-6-5-9-29(32(22)39-21)46-20-26-27(35)12-13-28(31(26)36)41(3)30(43)19-42(34(37)45)25-8-4-7-23(18-25)33(44)40(2)24-14-16-38-17-15-24/h4-18H,19-20H2,1-3H3,(H2,37,45). The molecule has 0 aliphatic carbocycles. The first-order chi connectivity index (χ1) is 22.0. The summed E-state index contributed by atoms with van der Waals surface area (Å²) in [5.74, 6) is -0.250. The van der Waals surface area contributed by atoms with Gasteiger partial charge < -0.3 is 20.3 Å². The van der Waals surface area contributed by atoms with Crippen molar-refractivity contribution in [3.63, 3.8) is 0 Å². The Morgan fingerprint density at radius 1 is 0.870 bits per heavy atom. The fraction of sp³-hybridized carbons (Fsp3) is 0.147. The number of likely N-dealkylation sites (N-methyl/N-ethyl adjacent to an activating group) is 1. The number of ether oxygens (including phenoxy) is 1. The SMILES string of the molecule is Cc1ccc2cccc(OCc3c(Cl)ccc(N(C)C(=O)CN(C(N)=O)c4cccc(C(=O)N(C)c5ccncc5)c4)c3Cl)c2n1. The van der Waals surface area contributed by atoms with Gasteiger partial charge in [0, 0.05) is 65.1 Å². The average molecular weight is 658 g/mol. The van der Waals surface area contributed by atoms with Crippen molar-refractivity contribution in [1.82, 2.24) is 9.97 Å². The van der Waals surface area contributed by atoms with Gasteiger partial charge in [-0.2, -0.15) is 0 Å². The van der Waals surface area contributed by atoms with E-state index in [-0.39, 0.29) is 23.2 Å². The molecule has 12 heteroatoms. The zero-order valence-corrected chi connectivity index (χ0v) is 26.8. The summed E-state index contributed by atoms with van der Waals surface area (Å²) in [5, 5.41) is 1.50. The van der Waals surface area contributed by atoms with E-state index in [4.69, 9.17) is 33.7 Å². The number of benzene rings is 3. The molecule has 0 atom stereocenters. The molecule has 0 spiro atoms. The van der Waals surface area contributed by atoms with E-state index in [1.54, 1.807) is 61.9 Å². The average Bonchev–Trinajstić information content (AvgIpc) is 3.06. The largest absolute Gasteiger partial charge is 0.487 e. The van der Waals surface area contributed by atoms with Gasteiger partial charge in [0.2, 0.25) is 5.91 Å². The predicted molar refractivity (Wildman–Crippen MR) is 181 cm³/mol. The second-order valence-electron chi connectivity index (χ2n) is 10.4. The maximum absolute atomic E-state index is 13.5. The molecule has 0 aliphatic heterocycles. The number of hydrogen-bond acceptors (Lipinski definition) is 6. The molecule has 234 valence electrons. The van der Waals surface area contributed by atoms with Crippen LogP contribution in [0.4, 0.5) is 21.9 Å². The van der Waals surface area contributed by atoms with E-state index >= 15 is 0 Å². The van der Waals surface area contributed by atoms with Gasteiger partial charge in [-0.05, 0) is 61.5 Å². The minimum absolute atomic E-state index is 0.0183. The summed E-state index contributed by atoms with van der Waals surface area (Å²) in [6.07, 6.45) is 3.16. The molecule has 0 unspecified atom stereocenters. The molecule has 4 amide bonds. The van der Waals surface area contributed by atoms with E-state index in [2.05, 4.69) is 9.97 Å². The first-order valence-corrected chi connectivity index (χ1v) is 14.9. The fourth-order valence-corrected chi connectivity index (χ4v) is 5.42. The Labute approximate surface area is 275 Å². The van der Waals surface area contributed by atoms with Crippen LogP contribution in [0.25, 0.3) is 10.9 Å². The lowest BCUT2D eigenvalue weighted by atomic mass is 10.1. The van der Waals surface area contributed by atoms with Gasteiger partial charge in [0.1, 0.15) is 24.4 Å². The number of amides is 4. The van der Waals surface area contributed by atoms with E-state index in [1.165, 1.54) is 22.9 Å². The molecular formula is C34H30Cl2N6O4. The van der Waals surface area contributed by atoms with Gasteiger partial charge >= 0.3 is 6.03 Å². The van der Waals surface area contributed by atoms with Gasteiger partial charge in [-0.25, -0.2) is 9.78 Å². The summed E-state index contributed by atoms with van der Waals surface area (Å²) >= 11 is 13.3. The van der Waals surface area contributed by atoms with Gasteiger partial charge in [0.15, 0.2) is 0 Å². The number of aryl methyl sites for hydroxylation is 1. The summed E-state index contributed by atoms with van der Waals surface area (Å²) < 4.78 is 6.11. The highest BCUT2D eigenvalue weighted by molar-refractivity contribution is 6.38. The monoisotopic (exact) mass is 656 g/mol. The van der Waals surface area contributed by atoms with Crippen molar-refractivity contribution in [1.29, 1.82) is 0 Å². The number of primary amides is 1. The summed E-state index contributed by atoms with van der Waals surface area (Å²) in [6.45, 7) is 1.50. The van der Waals surface area contributed by atoms with Gasteiger partial charge in [-0.1, -0.05) is 47.5 Å². The van der Waals surface area contributed by atoms with Crippen LogP contribution in [0.15, 0.2) is 91.3 Å². The van der Waals surface area contributed by atoms with Crippen molar-refractivity contribution in [2.45, 2.75) is 13.5 Å². The molecule has 0 radical (unpaired) electrons. The van der Waals surface area contributed by atoms with Crippen LogP contribution in [0.2, 0.25) is 10.0 Å². The highest BCUT2D eigenvalue weighted by Gasteiger charge is 2.24. The quantitative estimate of drug-likeness (QED) is 0.190. The molecule has 0 saturated carbocycles.